The summed E-state index contributed by atoms with van der Waals surface area (Å²) < 4.78 is 36.5. The van der Waals surface area contributed by atoms with Gasteiger partial charge in [0.05, 0.1) is 36.9 Å². The number of aromatic amines is 1. The van der Waals surface area contributed by atoms with Gasteiger partial charge in [0, 0.05) is 37.9 Å². The summed E-state index contributed by atoms with van der Waals surface area (Å²) in [5.41, 5.74) is 2.04. The minimum absolute atomic E-state index is 0.0977. The highest BCUT2D eigenvalue weighted by Crippen LogP contribution is 2.37. The van der Waals surface area contributed by atoms with Crippen LogP contribution < -0.4 is 10.1 Å². The molecule has 1 amide bonds. The van der Waals surface area contributed by atoms with Crippen LogP contribution in [0, 0.1) is 11.7 Å². The van der Waals surface area contributed by atoms with Gasteiger partial charge in [0.2, 0.25) is 0 Å². The van der Waals surface area contributed by atoms with Crippen LogP contribution in [0.3, 0.4) is 0 Å². The third-order valence-corrected chi connectivity index (χ3v) is 5.71. The fraction of sp³-hybridized carbons (Fsp3) is 0.462. The van der Waals surface area contributed by atoms with Crippen molar-refractivity contribution < 1.29 is 28.1 Å². The zero-order valence-electron chi connectivity index (χ0n) is 21.3. The fourth-order valence-electron chi connectivity index (χ4n) is 3.79. The van der Waals surface area contributed by atoms with Gasteiger partial charge >= 0.3 is 11.8 Å². The lowest BCUT2D eigenvalue weighted by atomic mass is 10.1. The van der Waals surface area contributed by atoms with E-state index in [1.54, 1.807) is 31.5 Å². The van der Waals surface area contributed by atoms with Gasteiger partial charge in [0.15, 0.2) is 5.82 Å². The molecule has 0 radical (unpaired) electrons. The summed E-state index contributed by atoms with van der Waals surface area (Å²) in [5.74, 6) is -2.39. The molecule has 3 heterocycles. The second-order valence-corrected chi connectivity index (χ2v) is 8.83. The van der Waals surface area contributed by atoms with Crippen molar-refractivity contribution in [2.24, 2.45) is 5.92 Å². The van der Waals surface area contributed by atoms with E-state index in [1.165, 1.54) is 12.1 Å². The number of rotatable bonds is 11. The Morgan fingerprint density at radius 1 is 1.19 bits per heavy atom. The lowest BCUT2D eigenvalue weighted by molar-refractivity contribution is -0.277. The summed E-state index contributed by atoms with van der Waals surface area (Å²) in [5, 5.41) is 2.87. The maximum Gasteiger partial charge on any atom is 0.316 e. The molecule has 0 atom stereocenters. The van der Waals surface area contributed by atoms with Gasteiger partial charge in [-0.2, -0.15) is 4.98 Å². The predicted octanol–water partition coefficient (Wildman–Crippen LogP) is 3.45. The molecule has 0 unspecified atom stereocenters. The molecule has 10 nitrogen and oxygen atoms in total. The number of ether oxygens (including phenoxy) is 4. The van der Waals surface area contributed by atoms with E-state index in [1.807, 2.05) is 13.8 Å². The van der Waals surface area contributed by atoms with Crippen LogP contribution in [0.2, 0.25) is 0 Å². The maximum absolute atomic E-state index is 13.7. The summed E-state index contributed by atoms with van der Waals surface area (Å²) in [4.78, 5) is 30.1. The molecule has 1 saturated heterocycles. The second kappa shape index (κ2) is 12.2. The Hall–Kier alpha value is -3.41. The van der Waals surface area contributed by atoms with Crippen LogP contribution >= 0.6 is 0 Å². The van der Waals surface area contributed by atoms with Gasteiger partial charge in [-0.1, -0.05) is 13.8 Å². The topological polar surface area (TPSA) is 120 Å². The number of imidazole rings is 1. The van der Waals surface area contributed by atoms with E-state index in [9.17, 15) is 9.18 Å². The van der Waals surface area contributed by atoms with Crippen LogP contribution in [0.4, 0.5) is 4.39 Å². The standard InChI is InChI=1S/C26H32FN5O5/c1-4-13-35-25-29-12-10-20(30-25)22-21(18-6-8-19(27)9-7-18)31-23(32-22)26(36-15-17(2)16-37-26)24(33)28-11-5-14-34-3/h6-10,12,17H,4-5,11,13-16H2,1-3H3,(H,28,33)(H,31,32). The average molecular weight is 514 g/mol. The molecule has 1 aliphatic rings. The normalized spacial score (nSPS) is 19.5. The molecule has 3 aromatic rings. The number of carbonyl (C=O) groups excluding carboxylic acids is 1. The Morgan fingerprint density at radius 2 is 1.95 bits per heavy atom. The molecule has 0 saturated carbocycles. The summed E-state index contributed by atoms with van der Waals surface area (Å²) in [6.07, 6.45) is 3.01. The van der Waals surface area contributed by atoms with Crippen molar-refractivity contribution in [1.82, 2.24) is 25.3 Å². The van der Waals surface area contributed by atoms with Crippen molar-refractivity contribution in [2.75, 3.05) is 40.1 Å². The molecule has 1 fully saturated rings. The quantitative estimate of drug-likeness (QED) is 0.374. The first-order valence-corrected chi connectivity index (χ1v) is 12.3. The third kappa shape index (κ3) is 6.12. The second-order valence-electron chi connectivity index (χ2n) is 8.83. The number of aromatic nitrogens is 4. The van der Waals surface area contributed by atoms with Crippen LogP contribution in [0.5, 0.6) is 6.01 Å². The van der Waals surface area contributed by atoms with Crippen LogP contribution in [-0.2, 0) is 24.8 Å². The number of halogens is 1. The Morgan fingerprint density at radius 3 is 2.65 bits per heavy atom. The van der Waals surface area contributed by atoms with E-state index in [0.717, 1.165) is 6.42 Å². The van der Waals surface area contributed by atoms with Gasteiger partial charge in [-0.15, -0.1) is 0 Å². The van der Waals surface area contributed by atoms with Crippen LogP contribution in [0.25, 0.3) is 22.6 Å². The molecule has 2 N–H and O–H groups in total. The molecule has 4 rings (SSSR count). The maximum atomic E-state index is 13.7. The summed E-state index contributed by atoms with van der Waals surface area (Å²) in [6.45, 7) is 5.90. The molecule has 1 aliphatic heterocycles. The van der Waals surface area contributed by atoms with Crippen molar-refractivity contribution >= 4 is 5.91 Å². The zero-order chi connectivity index (χ0) is 26.3. The average Bonchev–Trinajstić information content (AvgIpc) is 3.37. The summed E-state index contributed by atoms with van der Waals surface area (Å²) >= 11 is 0. The van der Waals surface area contributed by atoms with E-state index in [0.29, 0.717) is 62.0 Å². The molecule has 0 aliphatic carbocycles. The fourth-order valence-corrected chi connectivity index (χ4v) is 3.79. The van der Waals surface area contributed by atoms with Crippen LogP contribution in [0.15, 0.2) is 36.5 Å². The molecule has 11 heteroatoms. The van der Waals surface area contributed by atoms with Gasteiger partial charge < -0.3 is 29.2 Å². The van der Waals surface area contributed by atoms with Crippen LogP contribution in [-0.4, -0.2) is 65.9 Å². The first-order valence-electron chi connectivity index (χ1n) is 12.3. The van der Waals surface area contributed by atoms with E-state index < -0.39 is 11.7 Å². The molecule has 0 bridgehead atoms. The van der Waals surface area contributed by atoms with E-state index >= 15 is 0 Å². The van der Waals surface area contributed by atoms with Crippen molar-refractivity contribution in [3.63, 3.8) is 0 Å². The smallest absolute Gasteiger partial charge is 0.316 e. The van der Waals surface area contributed by atoms with E-state index in [4.69, 9.17) is 23.9 Å². The van der Waals surface area contributed by atoms with E-state index in [2.05, 4.69) is 20.3 Å². The number of nitrogens with zero attached hydrogens (tertiary/aromatic N) is 3. The molecule has 37 heavy (non-hydrogen) atoms. The lowest BCUT2D eigenvalue weighted by Crippen LogP contribution is -2.53. The Bertz CT molecular complexity index is 1180. The van der Waals surface area contributed by atoms with Crippen molar-refractivity contribution in [3.8, 4) is 28.7 Å². The van der Waals surface area contributed by atoms with Gasteiger partial charge in [0.1, 0.15) is 5.82 Å². The highest BCUT2D eigenvalue weighted by atomic mass is 19.1. The Kier molecular flexibility index (Phi) is 8.80. The van der Waals surface area contributed by atoms with Crippen molar-refractivity contribution in [1.29, 1.82) is 0 Å². The highest BCUT2D eigenvalue weighted by Gasteiger charge is 2.49. The molecular weight excluding hydrogens is 481 g/mol. The summed E-state index contributed by atoms with van der Waals surface area (Å²) in [7, 11) is 1.60. The lowest BCUT2D eigenvalue weighted by Gasteiger charge is -2.36. The van der Waals surface area contributed by atoms with Crippen molar-refractivity contribution in [2.45, 2.75) is 32.5 Å². The minimum Gasteiger partial charge on any atom is -0.463 e. The predicted molar refractivity (Wildman–Crippen MR) is 133 cm³/mol. The molecule has 1 aromatic carbocycles. The first kappa shape index (κ1) is 26.6. The number of benzene rings is 1. The Labute approximate surface area is 214 Å². The highest BCUT2D eigenvalue weighted by molar-refractivity contribution is 5.85. The molecule has 0 spiro atoms. The zero-order valence-corrected chi connectivity index (χ0v) is 21.3. The number of hydrogen-bond donors (Lipinski definition) is 2. The first-order chi connectivity index (χ1) is 18.0. The van der Waals surface area contributed by atoms with Crippen LogP contribution in [0.1, 0.15) is 32.5 Å². The monoisotopic (exact) mass is 513 g/mol. The Balaban J connectivity index is 1.78. The molecule has 2 aromatic heterocycles. The number of H-pyrrole nitrogens is 1. The summed E-state index contributed by atoms with van der Waals surface area (Å²) in [6, 6.07) is 7.82. The SMILES string of the molecule is CCCOc1nccc(-c2[nH]c(C3(C(=O)NCCCOC)OCC(C)CO3)nc2-c2ccc(F)cc2)n1. The van der Waals surface area contributed by atoms with Gasteiger partial charge in [0.25, 0.3) is 5.91 Å². The van der Waals surface area contributed by atoms with Gasteiger partial charge in [-0.05, 0) is 43.2 Å². The number of carbonyl (C=O) groups is 1. The number of nitrogens with one attached hydrogen (secondary N) is 2. The van der Waals surface area contributed by atoms with Crippen molar-refractivity contribution in [3.05, 3.63) is 48.2 Å². The number of hydrogen-bond acceptors (Lipinski definition) is 8. The largest absolute Gasteiger partial charge is 0.463 e. The third-order valence-electron chi connectivity index (χ3n) is 5.71. The minimum atomic E-state index is -1.79. The molecule has 198 valence electrons. The van der Waals surface area contributed by atoms with Gasteiger partial charge in [-0.25, -0.2) is 14.4 Å². The molecular formula is C26H32FN5O5. The number of methoxy groups -OCH3 is 1. The van der Waals surface area contributed by atoms with Gasteiger partial charge in [-0.3, -0.25) is 4.79 Å². The van der Waals surface area contributed by atoms with E-state index in [-0.39, 0.29) is 23.6 Å². The number of amides is 1.